The average molecular weight is 324 g/mol. The molecule has 1 aliphatic heterocycles. The van der Waals surface area contributed by atoms with Crippen molar-refractivity contribution in [1.29, 1.82) is 0 Å². The van der Waals surface area contributed by atoms with Crippen LogP contribution in [0.1, 0.15) is 37.1 Å². The quantitative estimate of drug-likeness (QED) is 0.918. The minimum atomic E-state index is 0.00319. The van der Waals surface area contributed by atoms with Crippen LogP contribution in [0.4, 0.5) is 0 Å². The fourth-order valence-electron chi connectivity index (χ4n) is 3.41. The molecule has 1 amide bonds. The fourth-order valence-corrected chi connectivity index (χ4v) is 3.41. The molecule has 2 aromatic rings. The molecule has 1 atom stereocenters. The van der Waals surface area contributed by atoms with E-state index in [0.717, 1.165) is 38.2 Å². The molecule has 0 bridgehead atoms. The number of hydrogen-bond acceptors (Lipinski definition) is 4. The fraction of sp³-hybridized carbons (Fsp3) is 0.421. The van der Waals surface area contributed by atoms with Crippen molar-refractivity contribution in [2.45, 2.75) is 32.4 Å². The molecule has 0 unspecified atom stereocenters. The number of piperidine rings is 1. The standard InChI is InChI=1S/C19H24N4O/c1-15(24)22-19(18-6-2-3-10-21-18)17-7-11-23(12-8-17)14-16-5-4-9-20-13-16/h2-6,9-10,13,17,19H,7-8,11-12,14H2,1H3,(H,22,24)/t19-/m0/s1. The van der Waals surface area contributed by atoms with Gasteiger partial charge in [-0.15, -0.1) is 0 Å². The summed E-state index contributed by atoms with van der Waals surface area (Å²) in [6.07, 6.45) is 7.64. The molecule has 24 heavy (non-hydrogen) atoms. The molecule has 5 heteroatoms. The van der Waals surface area contributed by atoms with E-state index in [0.29, 0.717) is 5.92 Å². The summed E-state index contributed by atoms with van der Waals surface area (Å²) in [6.45, 7) is 4.58. The number of rotatable bonds is 5. The van der Waals surface area contributed by atoms with E-state index >= 15 is 0 Å². The molecule has 1 aliphatic rings. The van der Waals surface area contributed by atoms with Gasteiger partial charge < -0.3 is 5.32 Å². The Hall–Kier alpha value is -2.27. The maximum Gasteiger partial charge on any atom is 0.217 e. The number of carbonyl (C=O) groups is 1. The highest BCUT2D eigenvalue weighted by atomic mass is 16.1. The van der Waals surface area contributed by atoms with Crippen molar-refractivity contribution in [3.8, 4) is 0 Å². The summed E-state index contributed by atoms with van der Waals surface area (Å²) in [4.78, 5) is 22.7. The highest BCUT2D eigenvalue weighted by molar-refractivity contribution is 5.73. The lowest BCUT2D eigenvalue weighted by molar-refractivity contribution is -0.120. The molecule has 3 heterocycles. The van der Waals surface area contributed by atoms with Crippen LogP contribution < -0.4 is 5.32 Å². The molecule has 0 aromatic carbocycles. The van der Waals surface area contributed by atoms with Crippen LogP contribution in [0.15, 0.2) is 48.9 Å². The van der Waals surface area contributed by atoms with Crippen LogP contribution in [-0.2, 0) is 11.3 Å². The molecule has 2 aromatic heterocycles. The average Bonchev–Trinajstić information content (AvgIpc) is 2.62. The van der Waals surface area contributed by atoms with Gasteiger partial charge in [0.2, 0.25) is 5.91 Å². The summed E-state index contributed by atoms with van der Waals surface area (Å²) in [6, 6.07) is 10.00. The third kappa shape index (κ3) is 4.38. The summed E-state index contributed by atoms with van der Waals surface area (Å²) in [5.74, 6) is 0.428. The summed E-state index contributed by atoms with van der Waals surface area (Å²) >= 11 is 0. The lowest BCUT2D eigenvalue weighted by Gasteiger charge is -2.36. The van der Waals surface area contributed by atoms with Gasteiger partial charge in [-0.25, -0.2) is 0 Å². The Labute approximate surface area is 143 Å². The van der Waals surface area contributed by atoms with Crippen molar-refractivity contribution in [2.75, 3.05) is 13.1 Å². The zero-order chi connectivity index (χ0) is 16.8. The van der Waals surface area contributed by atoms with Crippen LogP contribution in [0.25, 0.3) is 0 Å². The van der Waals surface area contributed by atoms with Gasteiger partial charge in [-0.1, -0.05) is 12.1 Å². The van der Waals surface area contributed by atoms with E-state index in [-0.39, 0.29) is 11.9 Å². The number of carbonyl (C=O) groups excluding carboxylic acids is 1. The lowest BCUT2D eigenvalue weighted by atomic mass is 9.87. The number of pyridine rings is 2. The van der Waals surface area contributed by atoms with Crippen LogP contribution in [0.5, 0.6) is 0 Å². The topological polar surface area (TPSA) is 58.1 Å². The summed E-state index contributed by atoms with van der Waals surface area (Å²) < 4.78 is 0. The minimum absolute atomic E-state index is 0.00319. The number of nitrogens with one attached hydrogen (secondary N) is 1. The van der Waals surface area contributed by atoms with Gasteiger partial charge in [0.05, 0.1) is 11.7 Å². The summed E-state index contributed by atoms with van der Waals surface area (Å²) in [5.41, 5.74) is 2.21. The van der Waals surface area contributed by atoms with Gasteiger partial charge in [0.1, 0.15) is 0 Å². The van der Waals surface area contributed by atoms with Crippen molar-refractivity contribution in [3.63, 3.8) is 0 Å². The van der Waals surface area contributed by atoms with E-state index in [1.165, 1.54) is 5.56 Å². The number of hydrogen-bond donors (Lipinski definition) is 1. The third-order valence-corrected chi connectivity index (χ3v) is 4.60. The van der Waals surface area contributed by atoms with Gasteiger partial charge in [0.15, 0.2) is 0 Å². The Morgan fingerprint density at radius 2 is 2.08 bits per heavy atom. The zero-order valence-corrected chi connectivity index (χ0v) is 14.1. The normalized spacial score (nSPS) is 17.4. The Morgan fingerprint density at radius 3 is 2.71 bits per heavy atom. The first-order chi connectivity index (χ1) is 11.7. The van der Waals surface area contributed by atoms with E-state index in [1.807, 2.05) is 30.5 Å². The predicted molar refractivity (Wildman–Crippen MR) is 93.0 cm³/mol. The van der Waals surface area contributed by atoms with E-state index in [1.54, 1.807) is 19.3 Å². The monoisotopic (exact) mass is 324 g/mol. The third-order valence-electron chi connectivity index (χ3n) is 4.60. The largest absolute Gasteiger partial charge is 0.348 e. The van der Waals surface area contributed by atoms with E-state index in [4.69, 9.17) is 0 Å². The molecule has 1 fully saturated rings. The Bertz CT molecular complexity index is 639. The van der Waals surface area contributed by atoms with Crippen molar-refractivity contribution in [2.24, 2.45) is 5.92 Å². The van der Waals surface area contributed by atoms with E-state index in [2.05, 4.69) is 26.3 Å². The molecule has 126 valence electrons. The second kappa shape index (κ2) is 8.02. The van der Waals surface area contributed by atoms with Crippen LogP contribution in [0, 0.1) is 5.92 Å². The summed E-state index contributed by atoms with van der Waals surface area (Å²) in [5, 5.41) is 3.10. The highest BCUT2D eigenvalue weighted by Gasteiger charge is 2.29. The SMILES string of the molecule is CC(=O)N[C@H](c1ccccn1)C1CCN(Cc2cccnc2)CC1. The van der Waals surface area contributed by atoms with Gasteiger partial charge in [-0.2, -0.15) is 0 Å². The van der Waals surface area contributed by atoms with Crippen molar-refractivity contribution >= 4 is 5.91 Å². The van der Waals surface area contributed by atoms with Crippen LogP contribution >= 0.6 is 0 Å². The smallest absolute Gasteiger partial charge is 0.217 e. The van der Waals surface area contributed by atoms with Gasteiger partial charge in [0, 0.05) is 32.1 Å². The molecule has 0 spiro atoms. The molecule has 0 aliphatic carbocycles. The predicted octanol–water partition coefficient (Wildman–Crippen LogP) is 2.57. The van der Waals surface area contributed by atoms with Crippen molar-refractivity contribution < 1.29 is 4.79 Å². The molecular weight excluding hydrogens is 300 g/mol. The zero-order valence-electron chi connectivity index (χ0n) is 14.1. The number of aromatic nitrogens is 2. The molecular formula is C19H24N4O. The van der Waals surface area contributed by atoms with Gasteiger partial charge in [-0.05, 0) is 55.6 Å². The molecule has 1 saturated heterocycles. The van der Waals surface area contributed by atoms with Gasteiger partial charge in [0.25, 0.3) is 0 Å². The number of amides is 1. The molecule has 3 rings (SSSR count). The van der Waals surface area contributed by atoms with Gasteiger partial charge >= 0.3 is 0 Å². The Kier molecular flexibility index (Phi) is 5.54. The van der Waals surface area contributed by atoms with Crippen LogP contribution in [0.3, 0.4) is 0 Å². The second-order valence-electron chi connectivity index (χ2n) is 6.41. The Balaban J connectivity index is 1.62. The van der Waals surface area contributed by atoms with Crippen LogP contribution in [-0.4, -0.2) is 33.9 Å². The summed E-state index contributed by atoms with van der Waals surface area (Å²) in [7, 11) is 0. The van der Waals surface area contributed by atoms with E-state index < -0.39 is 0 Å². The maximum absolute atomic E-state index is 11.6. The molecule has 1 N–H and O–H groups in total. The first-order valence-corrected chi connectivity index (χ1v) is 8.51. The minimum Gasteiger partial charge on any atom is -0.348 e. The molecule has 0 radical (unpaired) electrons. The molecule has 0 saturated carbocycles. The number of nitrogens with zero attached hydrogens (tertiary/aromatic N) is 3. The highest BCUT2D eigenvalue weighted by Crippen LogP contribution is 2.30. The van der Waals surface area contributed by atoms with Gasteiger partial charge in [-0.3, -0.25) is 19.7 Å². The lowest BCUT2D eigenvalue weighted by Crippen LogP contribution is -2.40. The Morgan fingerprint density at radius 1 is 1.25 bits per heavy atom. The van der Waals surface area contributed by atoms with E-state index in [9.17, 15) is 4.79 Å². The first kappa shape index (κ1) is 16.6. The molecule has 5 nitrogen and oxygen atoms in total. The second-order valence-corrected chi connectivity index (χ2v) is 6.41. The van der Waals surface area contributed by atoms with Crippen molar-refractivity contribution in [1.82, 2.24) is 20.2 Å². The van der Waals surface area contributed by atoms with Crippen molar-refractivity contribution in [3.05, 3.63) is 60.2 Å². The van der Waals surface area contributed by atoms with Crippen LogP contribution in [0.2, 0.25) is 0 Å². The first-order valence-electron chi connectivity index (χ1n) is 8.51. The maximum atomic E-state index is 11.6. The number of likely N-dealkylation sites (tertiary alicyclic amines) is 1.